The van der Waals surface area contributed by atoms with Gasteiger partial charge in [0.1, 0.15) is 5.52 Å². The molecule has 0 amide bonds. The van der Waals surface area contributed by atoms with Crippen molar-refractivity contribution in [2.45, 2.75) is 18.9 Å². The van der Waals surface area contributed by atoms with Crippen molar-refractivity contribution in [3.63, 3.8) is 0 Å². The Kier molecular flexibility index (Phi) is 3.57. The maximum absolute atomic E-state index is 9.00. The summed E-state index contributed by atoms with van der Waals surface area (Å²) in [7, 11) is 0. The number of nitriles is 1. The maximum Gasteiger partial charge on any atom is 0.199 e. The van der Waals surface area contributed by atoms with E-state index in [4.69, 9.17) is 9.68 Å². The first-order valence-corrected chi connectivity index (χ1v) is 7.89. The minimum Gasteiger partial charge on any atom is -0.440 e. The number of fused-ring (bicyclic) bond motifs is 1. The van der Waals surface area contributed by atoms with Gasteiger partial charge in [-0.25, -0.2) is 4.98 Å². The molecule has 0 radical (unpaired) electrons. The number of rotatable bonds is 3. The van der Waals surface area contributed by atoms with Crippen molar-refractivity contribution in [1.82, 2.24) is 9.88 Å². The number of oxazole rings is 1. The smallest absolute Gasteiger partial charge is 0.199 e. The molecular weight excluding hydrogens is 286 g/mol. The van der Waals surface area contributed by atoms with E-state index in [1.165, 1.54) is 5.56 Å². The molecule has 0 bridgehead atoms. The van der Waals surface area contributed by atoms with Gasteiger partial charge in [-0.3, -0.25) is 4.90 Å². The Morgan fingerprint density at radius 1 is 1.22 bits per heavy atom. The van der Waals surface area contributed by atoms with Crippen LogP contribution in [0.2, 0.25) is 0 Å². The number of aromatic nitrogens is 1. The van der Waals surface area contributed by atoms with Crippen molar-refractivity contribution >= 4 is 11.1 Å². The normalized spacial score (nSPS) is 18.3. The van der Waals surface area contributed by atoms with E-state index in [2.05, 4.69) is 22.0 Å². The summed E-state index contributed by atoms with van der Waals surface area (Å²) in [5.41, 5.74) is 3.70. The molecule has 1 atom stereocenters. The summed E-state index contributed by atoms with van der Waals surface area (Å²) in [5.74, 6) is 1.20. The van der Waals surface area contributed by atoms with Crippen LogP contribution >= 0.6 is 0 Å². The molecule has 114 valence electrons. The zero-order valence-electron chi connectivity index (χ0n) is 12.8. The summed E-state index contributed by atoms with van der Waals surface area (Å²) in [6.45, 7) is 2.84. The van der Waals surface area contributed by atoms with Crippen LogP contribution in [0.15, 0.2) is 52.9 Å². The SMILES string of the molecule is N#Cc1cccc(CN2CCC(c3nc4ccccc4o3)C2)c1. The zero-order valence-corrected chi connectivity index (χ0v) is 12.8. The van der Waals surface area contributed by atoms with E-state index >= 15 is 0 Å². The molecule has 1 saturated heterocycles. The standard InChI is InChI=1S/C19H17N3O/c20-11-14-4-3-5-15(10-14)12-22-9-8-16(13-22)19-21-17-6-1-2-7-18(17)23-19/h1-7,10,16H,8-9,12-13H2. The second-order valence-electron chi connectivity index (χ2n) is 6.05. The van der Waals surface area contributed by atoms with Crippen molar-refractivity contribution < 1.29 is 4.42 Å². The van der Waals surface area contributed by atoms with Crippen LogP contribution < -0.4 is 0 Å². The van der Waals surface area contributed by atoms with Crippen molar-refractivity contribution in [2.75, 3.05) is 13.1 Å². The third kappa shape index (κ3) is 2.84. The lowest BCUT2D eigenvalue weighted by Crippen LogP contribution is -2.19. The highest BCUT2D eigenvalue weighted by molar-refractivity contribution is 5.72. The van der Waals surface area contributed by atoms with Gasteiger partial charge in [0.15, 0.2) is 11.5 Å². The molecule has 0 spiro atoms. The van der Waals surface area contributed by atoms with Gasteiger partial charge in [0, 0.05) is 19.0 Å². The van der Waals surface area contributed by atoms with Gasteiger partial charge in [-0.1, -0.05) is 24.3 Å². The van der Waals surface area contributed by atoms with E-state index in [1.807, 2.05) is 42.5 Å². The molecule has 23 heavy (non-hydrogen) atoms. The monoisotopic (exact) mass is 303 g/mol. The molecule has 1 aromatic heterocycles. The largest absolute Gasteiger partial charge is 0.440 e. The van der Waals surface area contributed by atoms with Crippen molar-refractivity contribution in [1.29, 1.82) is 5.26 Å². The first-order valence-electron chi connectivity index (χ1n) is 7.89. The molecule has 1 fully saturated rings. The van der Waals surface area contributed by atoms with Gasteiger partial charge in [-0.05, 0) is 42.8 Å². The molecule has 3 aromatic rings. The van der Waals surface area contributed by atoms with Crippen LogP contribution in [-0.4, -0.2) is 23.0 Å². The van der Waals surface area contributed by atoms with Gasteiger partial charge in [0.05, 0.1) is 11.6 Å². The molecule has 1 aliphatic heterocycles. The molecule has 0 aliphatic carbocycles. The highest BCUT2D eigenvalue weighted by Crippen LogP contribution is 2.30. The average Bonchev–Trinajstić information content (AvgIpc) is 3.21. The average molecular weight is 303 g/mol. The number of nitrogens with zero attached hydrogens (tertiary/aromatic N) is 3. The fourth-order valence-corrected chi connectivity index (χ4v) is 3.24. The molecule has 2 aromatic carbocycles. The maximum atomic E-state index is 9.00. The van der Waals surface area contributed by atoms with E-state index in [9.17, 15) is 0 Å². The van der Waals surface area contributed by atoms with Crippen molar-refractivity contribution in [2.24, 2.45) is 0 Å². The van der Waals surface area contributed by atoms with Crippen LogP contribution in [-0.2, 0) is 6.54 Å². The van der Waals surface area contributed by atoms with Crippen LogP contribution in [0, 0.1) is 11.3 Å². The first kappa shape index (κ1) is 14.0. The Morgan fingerprint density at radius 2 is 2.13 bits per heavy atom. The number of para-hydroxylation sites is 2. The van der Waals surface area contributed by atoms with Crippen LogP contribution in [0.4, 0.5) is 0 Å². The van der Waals surface area contributed by atoms with Gasteiger partial charge >= 0.3 is 0 Å². The lowest BCUT2D eigenvalue weighted by molar-refractivity contribution is 0.321. The van der Waals surface area contributed by atoms with Crippen LogP contribution in [0.25, 0.3) is 11.1 Å². The Hall–Kier alpha value is -2.64. The summed E-state index contributed by atoms with van der Waals surface area (Å²) < 4.78 is 5.91. The predicted molar refractivity (Wildman–Crippen MR) is 87.8 cm³/mol. The summed E-state index contributed by atoms with van der Waals surface area (Å²) in [6, 6.07) is 17.9. The van der Waals surface area contributed by atoms with E-state index < -0.39 is 0 Å². The Balaban J connectivity index is 1.47. The molecule has 0 N–H and O–H groups in total. The Labute approximate surface area is 135 Å². The highest BCUT2D eigenvalue weighted by atomic mass is 16.3. The first-order chi connectivity index (χ1) is 11.3. The third-order valence-electron chi connectivity index (χ3n) is 4.39. The van der Waals surface area contributed by atoms with Crippen molar-refractivity contribution in [3.8, 4) is 6.07 Å². The van der Waals surface area contributed by atoms with Crippen LogP contribution in [0.1, 0.15) is 29.4 Å². The van der Waals surface area contributed by atoms with Crippen molar-refractivity contribution in [3.05, 3.63) is 65.5 Å². The lowest BCUT2D eigenvalue weighted by Gasteiger charge is -2.15. The summed E-state index contributed by atoms with van der Waals surface area (Å²) in [4.78, 5) is 7.03. The Morgan fingerprint density at radius 3 is 3.00 bits per heavy atom. The highest BCUT2D eigenvalue weighted by Gasteiger charge is 2.27. The number of hydrogen-bond acceptors (Lipinski definition) is 4. The molecular formula is C19H17N3O. The molecule has 4 nitrogen and oxygen atoms in total. The van der Waals surface area contributed by atoms with E-state index in [0.717, 1.165) is 48.6 Å². The fourth-order valence-electron chi connectivity index (χ4n) is 3.24. The molecule has 4 heteroatoms. The minimum atomic E-state index is 0.349. The summed E-state index contributed by atoms with van der Waals surface area (Å²) in [6.07, 6.45) is 1.06. The number of likely N-dealkylation sites (tertiary alicyclic amines) is 1. The number of benzene rings is 2. The fraction of sp³-hybridized carbons (Fsp3) is 0.263. The predicted octanol–water partition coefficient (Wildman–Crippen LogP) is 3.69. The van der Waals surface area contributed by atoms with E-state index in [1.54, 1.807) is 0 Å². The van der Waals surface area contributed by atoms with E-state index in [0.29, 0.717) is 5.92 Å². The summed E-state index contributed by atoms with van der Waals surface area (Å²) >= 11 is 0. The molecule has 0 saturated carbocycles. The van der Waals surface area contributed by atoms with E-state index in [-0.39, 0.29) is 0 Å². The molecule has 4 rings (SSSR count). The van der Waals surface area contributed by atoms with Crippen LogP contribution in [0.5, 0.6) is 0 Å². The quantitative estimate of drug-likeness (QED) is 0.740. The van der Waals surface area contributed by atoms with Gasteiger partial charge in [0.25, 0.3) is 0 Å². The summed E-state index contributed by atoms with van der Waals surface area (Å²) in [5, 5.41) is 9.00. The van der Waals surface area contributed by atoms with Gasteiger partial charge in [0.2, 0.25) is 0 Å². The molecule has 2 heterocycles. The van der Waals surface area contributed by atoms with Gasteiger partial charge in [-0.2, -0.15) is 5.26 Å². The van der Waals surface area contributed by atoms with Gasteiger partial charge < -0.3 is 4.42 Å². The minimum absolute atomic E-state index is 0.349. The Bertz CT molecular complexity index is 844. The second kappa shape index (κ2) is 5.86. The number of hydrogen-bond donors (Lipinski definition) is 0. The zero-order chi connectivity index (χ0) is 15.6. The third-order valence-corrected chi connectivity index (χ3v) is 4.39. The lowest BCUT2D eigenvalue weighted by atomic mass is 10.1. The molecule has 1 aliphatic rings. The van der Waals surface area contributed by atoms with Gasteiger partial charge in [-0.15, -0.1) is 0 Å². The second-order valence-corrected chi connectivity index (χ2v) is 6.05. The topological polar surface area (TPSA) is 53.1 Å². The van der Waals surface area contributed by atoms with Crippen LogP contribution in [0.3, 0.4) is 0 Å². The molecule has 1 unspecified atom stereocenters.